The molecule has 0 saturated carbocycles. The molecule has 5 nitrogen and oxygen atoms in total. The summed E-state index contributed by atoms with van der Waals surface area (Å²) < 4.78 is 11.2. The number of fused-ring (bicyclic) bond motifs is 1. The van der Waals surface area contributed by atoms with Crippen LogP contribution in [0.5, 0.6) is 0 Å². The van der Waals surface area contributed by atoms with E-state index in [0.29, 0.717) is 19.7 Å². The van der Waals surface area contributed by atoms with Gasteiger partial charge in [-0.05, 0) is 25.1 Å². The third-order valence-electron chi connectivity index (χ3n) is 4.32. The first-order valence-corrected chi connectivity index (χ1v) is 7.75. The number of hydrogen-bond acceptors (Lipinski definition) is 3. The Kier molecular flexibility index (Phi) is 3.42. The number of carbonyl (C=O) groups excluding carboxylic acids is 1. The number of aryl methyl sites for hydroxylation is 1. The maximum Gasteiger partial charge on any atom is 0.256 e. The normalized spacial score (nSPS) is 18.5. The molecule has 1 aliphatic rings. The van der Waals surface area contributed by atoms with E-state index in [9.17, 15) is 4.79 Å². The van der Waals surface area contributed by atoms with Crippen LogP contribution in [0.25, 0.3) is 10.9 Å². The molecule has 1 aliphatic heterocycles. The van der Waals surface area contributed by atoms with Crippen molar-refractivity contribution in [3.05, 3.63) is 59.7 Å². The molecule has 1 atom stereocenters. The van der Waals surface area contributed by atoms with Crippen LogP contribution in [0.15, 0.2) is 47.1 Å². The monoisotopic (exact) mass is 310 g/mol. The van der Waals surface area contributed by atoms with Crippen molar-refractivity contribution in [3.63, 3.8) is 0 Å². The lowest BCUT2D eigenvalue weighted by atomic mass is 10.1. The highest BCUT2D eigenvalue weighted by atomic mass is 16.5. The molecule has 0 radical (unpaired) electrons. The number of carbonyl (C=O) groups is 1. The van der Waals surface area contributed by atoms with Gasteiger partial charge in [0.05, 0.1) is 25.0 Å². The average Bonchev–Trinajstić information content (AvgIpc) is 3.21. The van der Waals surface area contributed by atoms with Crippen molar-refractivity contribution in [1.82, 2.24) is 9.88 Å². The average molecular weight is 310 g/mol. The number of aromatic nitrogens is 1. The number of aromatic amines is 1. The van der Waals surface area contributed by atoms with E-state index in [1.54, 1.807) is 6.26 Å². The van der Waals surface area contributed by atoms with Crippen LogP contribution in [0.4, 0.5) is 0 Å². The summed E-state index contributed by atoms with van der Waals surface area (Å²) in [6, 6.07) is 11.6. The molecule has 1 fully saturated rings. The van der Waals surface area contributed by atoms with Gasteiger partial charge in [-0.15, -0.1) is 0 Å². The summed E-state index contributed by atoms with van der Waals surface area (Å²) in [5.41, 5.74) is 2.64. The van der Waals surface area contributed by atoms with Crippen molar-refractivity contribution >= 4 is 16.8 Å². The number of furan rings is 1. The number of nitrogens with one attached hydrogen (secondary N) is 1. The van der Waals surface area contributed by atoms with Gasteiger partial charge in [0.25, 0.3) is 5.91 Å². The fraction of sp³-hybridized carbons (Fsp3) is 0.278. The van der Waals surface area contributed by atoms with Gasteiger partial charge in [0.15, 0.2) is 0 Å². The van der Waals surface area contributed by atoms with Crippen molar-refractivity contribution in [2.24, 2.45) is 0 Å². The van der Waals surface area contributed by atoms with E-state index in [-0.39, 0.29) is 12.0 Å². The Morgan fingerprint density at radius 3 is 2.96 bits per heavy atom. The molecule has 2 aromatic heterocycles. The second kappa shape index (κ2) is 5.59. The van der Waals surface area contributed by atoms with Gasteiger partial charge in [-0.3, -0.25) is 4.79 Å². The summed E-state index contributed by atoms with van der Waals surface area (Å²) in [7, 11) is 0. The topological polar surface area (TPSA) is 58.5 Å². The van der Waals surface area contributed by atoms with Crippen LogP contribution in [-0.4, -0.2) is 35.5 Å². The standard InChI is InChI=1S/C18H18N2O3/c1-12-17(13-5-2-3-6-14(13)19-12)18(21)20-8-10-23-16(11-20)15-7-4-9-22-15/h2-7,9,16,19H,8,10-11H2,1H3. The highest BCUT2D eigenvalue weighted by Gasteiger charge is 2.29. The molecule has 4 rings (SSSR count). The molecule has 3 heterocycles. The SMILES string of the molecule is Cc1[nH]c2ccccc2c1C(=O)N1CCOC(c2ccco2)C1. The largest absolute Gasteiger partial charge is 0.467 e. The first kappa shape index (κ1) is 14.1. The third-order valence-corrected chi connectivity index (χ3v) is 4.32. The molecule has 1 unspecified atom stereocenters. The van der Waals surface area contributed by atoms with Crippen LogP contribution in [0.3, 0.4) is 0 Å². The summed E-state index contributed by atoms with van der Waals surface area (Å²) in [6.45, 7) is 3.55. The summed E-state index contributed by atoms with van der Waals surface area (Å²) in [6.07, 6.45) is 1.43. The van der Waals surface area contributed by atoms with E-state index in [2.05, 4.69) is 4.98 Å². The summed E-state index contributed by atoms with van der Waals surface area (Å²) in [5, 5.41) is 0.969. The number of ether oxygens (including phenoxy) is 1. The van der Waals surface area contributed by atoms with E-state index in [1.807, 2.05) is 48.2 Å². The number of H-pyrrole nitrogens is 1. The van der Waals surface area contributed by atoms with Crippen LogP contribution in [0.2, 0.25) is 0 Å². The van der Waals surface area contributed by atoms with Crippen LogP contribution in [-0.2, 0) is 4.74 Å². The lowest BCUT2D eigenvalue weighted by molar-refractivity contribution is -0.0320. The summed E-state index contributed by atoms with van der Waals surface area (Å²) >= 11 is 0. The maximum atomic E-state index is 13.0. The van der Waals surface area contributed by atoms with Gasteiger partial charge in [-0.2, -0.15) is 0 Å². The third kappa shape index (κ3) is 2.43. The van der Waals surface area contributed by atoms with Gasteiger partial charge in [0.1, 0.15) is 11.9 Å². The predicted octanol–water partition coefficient (Wildman–Crippen LogP) is 3.28. The number of amides is 1. The molecule has 3 aromatic rings. The highest BCUT2D eigenvalue weighted by molar-refractivity contribution is 6.08. The smallest absolute Gasteiger partial charge is 0.256 e. The Balaban J connectivity index is 1.64. The highest BCUT2D eigenvalue weighted by Crippen LogP contribution is 2.27. The zero-order chi connectivity index (χ0) is 15.8. The van der Waals surface area contributed by atoms with Gasteiger partial charge in [0, 0.05) is 23.1 Å². The van der Waals surface area contributed by atoms with Crippen molar-refractivity contribution in [3.8, 4) is 0 Å². The lowest BCUT2D eigenvalue weighted by Gasteiger charge is -2.32. The fourth-order valence-corrected chi connectivity index (χ4v) is 3.19. The Labute approximate surface area is 133 Å². The number of nitrogens with zero attached hydrogens (tertiary/aromatic N) is 1. The fourth-order valence-electron chi connectivity index (χ4n) is 3.19. The van der Waals surface area contributed by atoms with Gasteiger partial charge >= 0.3 is 0 Å². The number of rotatable bonds is 2. The molecular formula is C18H18N2O3. The molecule has 0 bridgehead atoms. The Hall–Kier alpha value is -2.53. The number of benzene rings is 1. The number of para-hydroxylation sites is 1. The van der Waals surface area contributed by atoms with E-state index < -0.39 is 0 Å². The van der Waals surface area contributed by atoms with Gasteiger partial charge in [-0.25, -0.2) is 0 Å². The molecule has 118 valence electrons. The summed E-state index contributed by atoms with van der Waals surface area (Å²) in [5.74, 6) is 0.804. The van der Waals surface area contributed by atoms with E-state index in [0.717, 1.165) is 27.9 Å². The summed E-state index contributed by atoms with van der Waals surface area (Å²) in [4.78, 5) is 18.2. The maximum absolute atomic E-state index is 13.0. The predicted molar refractivity (Wildman–Crippen MR) is 86.3 cm³/mol. The zero-order valence-electron chi connectivity index (χ0n) is 12.9. The Morgan fingerprint density at radius 1 is 1.26 bits per heavy atom. The van der Waals surface area contributed by atoms with E-state index >= 15 is 0 Å². The molecule has 5 heteroatoms. The first-order valence-electron chi connectivity index (χ1n) is 7.75. The van der Waals surface area contributed by atoms with Crippen molar-refractivity contribution in [2.45, 2.75) is 13.0 Å². The van der Waals surface area contributed by atoms with Gasteiger partial charge in [0.2, 0.25) is 0 Å². The molecule has 1 N–H and O–H groups in total. The molecule has 0 aliphatic carbocycles. The van der Waals surface area contributed by atoms with Gasteiger partial charge in [-0.1, -0.05) is 18.2 Å². The number of hydrogen-bond donors (Lipinski definition) is 1. The minimum atomic E-state index is -0.201. The second-order valence-electron chi connectivity index (χ2n) is 5.80. The van der Waals surface area contributed by atoms with Crippen molar-refractivity contribution in [1.29, 1.82) is 0 Å². The van der Waals surface area contributed by atoms with Crippen LogP contribution < -0.4 is 0 Å². The number of morpholine rings is 1. The minimum Gasteiger partial charge on any atom is -0.467 e. The molecule has 23 heavy (non-hydrogen) atoms. The molecular weight excluding hydrogens is 292 g/mol. The van der Waals surface area contributed by atoms with Crippen molar-refractivity contribution in [2.75, 3.05) is 19.7 Å². The molecule has 1 aromatic carbocycles. The van der Waals surface area contributed by atoms with E-state index in [1.165, 1.54) is 0 Å². The molecule has 0 spiro atoms. The zero-order valence-corrected chi connectivity index (χ0v) is 12.9. The van der Waals surface area contributed by atoms with E-state index in [4.69, 9.17) is 9.15 Å². The van der Waals surface area contributed by atoms with Crippen LogP contribution in [0, 0.1) is 6.92 Å². The quantitative estimate of drug-likeness (QED) is 0.790. The second-order valence-corrected chi connectivity index (χ2v) is 5.80. The van der Waals surface area contributed by atoms with Crippen LogP contribution in [0.1, 0.15) is 27.9 Å². The first-order chi connectivity index (χ1) is 11.2. The minimum absolute atomic E-state index is 0.0415. The molecule has 1 amide bonds. The Morgan fingerprint density at radius 2 is 2.13 bits per heavy atom. The molecule has 1 saturated heterocycles. The van der Waals surface area contributed by atoms with Gasteiger partial charge < -0.3 is 19.0 Å². The van der Waals surface area contributed by atoms with Crippen LogP contribution >= 0.6 is 0 Å². The Bertz CT molecular complexity index is 835. The lowest BCUT2D eigenvalue weighted by Crippen LogP contribution is -2.42. The van der Waals surface area contributed by atoms with Crippen molar-refractivity contribution < 1.29 is 13.9 Å².